The van der Waals surface area contributed by atoms with Crippen LogP contribution in [0, 0.1) is 0 Å². The van der Waals surface area contributed by atoms with E-state index in [0.29, 0.717) is 0 Å². The van der Waals surface area contributed by atoms with Gasteiger partial charge in [-0.15, -0.1) is 0 Å². The van der Waals surface area contributed by atoms with Gasteiger partial charge in [-0.2, -0.15) is 0 Å². The molecule has 0 N–H and O–H groups in total. The van der Waals surface area contributed by atoms with Crippen LogP contribution < -0.4 is 0 Å². The maximum absolute atomic E-state index is 2.69. The van der Waals surface area contributed by atoms with Gasteiger partial charge in [-0.05, 0) is 70.6 Å². The molecule has 2 aliphatic rings. The van der Waals surface area contributed by atoms with Crippen LogP contribution in [0.1, 0.15) is 49.8 Å². The van der Waals surface area contributed by atoms with Crippen LogP contribution in [0.2, 0.25) is 0 Å². The predicted octanol–water partition coefficient (Wildman–Crippen LogP) is 3.33. The molecule has 2 heterocycles. The zero-order chi connectivity index (χ0) is 16.4. The standard InChI is InChI=1S/C20H33N3/c1-20(2,23-10-6-5-7-11-23)16-22(4)13-17-8-9-18-14-21(3)15-19(18)12-17/h8-9,12H,5-7,10-11,13-16H2,1-4H3. The molecule has 2 aliphatic heterocycles. The number of rotatable bonds is 5. The van der Waals surface area contributed by atoms with Gasteiger partial charge in [0.1, 0.15) is 0 Å². The Kier molecular flexibility index (Phi) is 5.10. The van der Waals surface area contributed by atoms with Crippen LogP contribution in [0.15, 0.2) is 18.2 Å². The van der Waals surface area contributed by atoms with Crippen LogP contribution in [-0.2, 0) is 19.6 Å². The Balaban J connectivity index is 1.58. The van der Waals surface area contributed by atoms with E-state index in [4.69, 9.17) is 0 Å². The largest absolute Gasteiger partial charge is 0.300 e. The van der Waals surface area contributed by atoms with E-state index < -0.39 is 0 Å². The molecule has 0 radical (unpaired) electrons. The summed E-state index contributed by atoms with van der Waals surface area (Å²) in [5.74, 6) is 0. The zero-order valence-electron chi connectivity index (χ0n) is 15.4. The summed E-state index contributed by atoms with van der Waals surface area (Å²) in [6.45, 7) is 11.7. The van der Waals surface area contributed by atoms with E-state index in [-0.39, 0.29) is 5.54 Å². The highest BCUT2D eigenvalue weighted by molar-refractivity contribution is 5.34. The SMILES string of the molecule is CN1Cc2ccc(CN(C)CC(C)(C)N3CCCCC3)cc2C1. The van der Waals surface area contributed by atoms with Crippen molar-refractivity contribution in [2.45, 2.75) is 58.3 Å². The molecule has 1 saturated heterocycles. The van der Waals surface area contributed by atoms with Crippen LogP contribution in [0.25, 0.3) is 0 Å². The first-order valence-electron chi connectivity index (χ1n) is 9.17. The van der Waals surface area contributed by atoms with Gasteiger partial charge in [0.25, 0.3) is 0 Å². The van der Waals surface area contributed by atoms with Gasteiger partial charge in [0.05, 0.1) is 0 Å². The van der Waals surface area contributed by atoms with Crippen LogP contribution in [-0.4, -0.2) is 54.0 Å². The highest BCUT2D eigenvalue weighted by Crippen LogP contribution is 2.24. The average molecular weight is 316 g/mol. The lowest BCUT2D eigenvalue weighted by molar-refractivity contribution is 0.0633. The molecule has 0 aromatic heterocycles. The number of benzene rings is 1. The molecule has 23 heavy (non-hydrogen) atoms. The molecule has 3 heteroatoms. The molecule has 0 amide bonds. The van der Waals surface area contributed by atoms with Crippen molar-refractivity contribution in [3.63, 3.8) is 0 Å². The fourth-order valence-electron chi connectivity index (χ4n) is 4.34. The van der Waals surface area contributed by atoms with Crippen LogP contribution in [0.4, 0.5) is 0 Å². The monoisotopic (exact) mass is 315 g/mol. The number of hydrogen-bond donors (Lipinski definition) is 0. The predicted molar refractivity (Wildman–Crippen MR) is 97.5 cm³/mol. The van der Waals surface area contributed by atoms with E-state index in [9.17, 15) is 0 Å². The maximum atomic E-state index is 2.69. The Hall–Kier alpha value is -0.900. The minimum Gasteiger partial charge on any atom is -0.300 e. The maximum Gasteiger partial charge on any atom is 0.0280 e. The van der Waals surface area contributed by atoms with Crippen LogP contribution in [0.5, 0.6) is 0 Å². The van der Waals surface area contributed by atoms with Gasteiger partial charge in [0, 0.05) is 31.7 Å². The molecule has 1 fully saturated rings. The number of piperidine rings is 1. The summed E-state index contributed by atoms with van der Waals surface area (Å²) in [6.07, 6.45) is 4.14. The first kappa shape index (κ1) is 16.9. The molecule has 3 rings (SSSR count). The van der Waals surface area contributed by atoms with E-state index in [1.54, 1.807) is 0 Å². The lowest BCUT2D eigenvalue weighted by Crippen LogP contribution is -2.52. The first-order valence-corrected chi connectivity index (χ1v) is 9.17. The van der Waals surface area contributed by atoms with Crippen molar-refractivity contribution in [3.05, 3.63) is 34.9 Å². The van der Waals surface area contributed by atoms with Gasteiger partial charge in [0.15, 0.2) is 0 Å². The minimum atomic E-state index is 0.270. The second-order valence-electron chi connectivity index (χ2n) is 8.31. The van der Waals surface area contributed by atoms with Crippen molar-refractivity contribution in [1.82, 2.24) is 14.7 Å². The summed E-state index contributed by atoms with van der Waals surface area (Å²) >= 11 is 0. The summed E-state index contributed by atoms with van der Waals surface area (Å²) < 4.78 is 0. The Labute approximate surface area is 142 Å². The number of fused-ring (bicyclic) bond motifs is 1. The molecular weight excluding hydrogens is 282 g/mol. The number of nitrogens with zero attached hydrogens (tertiary/aromatic N) is 3. The second kappa shape index (κ2) is 6.92. The lowest BCUT2D eigenvalue weighted by atomic mass is 9.97. The Morgan fingerprint density at radius 1 is 1.04 bits per heavy atom. The molecular formula is C20H33N3. The molecule has 0 spiro atoms. The fraction of sp³-hybridized carbons (Fsp3) is 0.700. The van der Waals surface area contributed by atoms with Crippen molar-refractivity contribution < 1.29 is 0 Å². The van der Waals surface area contributed by atoms with Crippen molar-refractivity contribution in [1.29, 1.82) is 0 Å². The van der Waals surface area contributed by atoms with Gasteiger partial charge < -0.3 is 4.90 Å². The van der Waals surface area contributed by atoms with Crippen molar-refractivity contribution >= 4 is 0 Å². The van der Waals surface area contributed by atoms with Gasteiger partial charge in [-0.25, -0.2) is 0 Å². The molecule has 0 bridgehead atoms. The molecule has 0 saturated carbocycles. The Morgan fingerprint density at radius 2 is 1.74 bits per heavy atom. The first-order chi connectivity index (χ1) is 10.9. The zero-order valence-corrected chi connectivity index (χ0v) is 15.4. The van der Waals surface area contributed by atoms with Crippen LogP contribution in [0.3, 0.4) is 0 Å². The smallest absolute Gasteiger partial charge is 0.0280 e. The summed E-state index contributed by atoms with van der Waals surface area (Å²) in [5, 5.41) is 0. The molecule has 128 valence electrons. The number of hydrogen-bond acceptors (Lipinski definition) is 3. The highest BCUT2D eigenvalue weighted by atomic mass is 15.2. The third-order valence-electron chi connectivity index (χ3n) is 5.47. The molecule has 1 aromatic carbocycles. The minimum absolute atomic E-state index is 0.270. The van der Waals surface area contributed by atoms with E-state index in [1.807, 2.05) is 0 Å². The molecule has 0 aliphatic carbocycles. The summed E-state index contributed by atoms with van der Waals surface area (Å²) in [6, 6.07) is 7.07. The molecule has 3 nitrogen and oxygen atoms in total. The topological polar surface area (TPSA) is 9.72 Å². The quantitative estimate of drug-likeness (QED) is 0.825. The summed E-state index contributed by atoms with van der Waals surface area (Å²) in [5.41, 5.74) is 4.75. The third-order valence-corrected chi connectivity index (χ3v) is 5.47. The summed E-state index contributed by atoms with van der Waals surface area (Å²) in [4.78, 5) is 7.57. The highest BCUT2D eigenvalue weighted by Gasteiger charge is 2.29. The molecule has 1 aromatic rings. The normalized spacial score (nSPS) is 20.2. The van der Waals surface area contributed by atoms with E-state index in [2.05, 4.69) is 60.8 Å². The van der Waals surface area contributed by atoms with E-state index >= 15 is 0 Å². The van der Waals surface area contributed by atoms with Crippen molar-refractivity contribution in [2.24, 2.45) is 0 Å². The number of likely N-dealkylation sites (tertiary alicyclic amines) is 1. The number of likely N-dealkylation sites (N-methyl/N-ethyl adjacent to an activating group) is 1. The summed E-state index contributed by atoms with van der Waals surface area (Å²) in [7, 11) is 4.47. The van der Waals surface area contributed by atoms with Crippen molar-refractivity contribution in [3.8, 4) is 0 Å². The van der Waals surface area contributed by atoms with Crippen LogP contribution >= 0.6 is 0 Å². The fourth-order valence-corrected chi connectivity index (χ4v) is 4.34. The van der Waals surface area contributed by atoms with E-state index in [0.717, 1.165) is 26.2 Å². The van der Waals surface area contributed by atoms with Gasteiger partial charge in [-0.1, -0.05) is 24.6 Å². The molecule has 0 atom stereocenters. The third kappa shape index (κ3) is 4.14. The average Bonchev–Trinajstić information content (AvgIpc) is 2.87. The van der Waals surface area contributed by atoms with Crippen molar-refractivity contribution in [2.75, 3.05) is 33.7 Å². The van der Waals surface area contributed by atoms with Gasteiger partial charge in [0.2, 0.25) is 0 Å². The van der Waals surface area contributed by atoms with Gasteiger partial charge in [-0.3, -0.25) is 9.80 Å². The Morgan fingerprint density at radius 3 is 2.48 bits per heavy atom. The molecule has 0 unspecified atom stereocenters. The second-order valence-corrected chi connectivity index (χ2v) is 8.31. The lowest BCUT2D eigenvalue weighted by Gasteiger charge is -2.43. The van der Waals surface area contributed by atoms with E-state index in [1.165, 1.54) is 49.0 Å². The van der Waals surface area contributed by atoms with Gasteiger partial charge >= 0.3 is 0 Å². The Bertz CT molecular complexity index is 532.